The molecule has 29 heavy (non-hydrogen) atoms. The topological polar surface area (TPSA) is 75.7 Å². The van der Waals surface area contributed by atoms with Crippen LogP contribution in [0.3, 0.4) is 0 Å². The predicted molar refractivity (Wildman–Crippen MR) is 113 cm³/mol. The number of sulfonamides is 1. The fraction of sp³-hybridized carbons (Fsp3) is 0.381. The average Bonchev–Trinajstić information content (AvgIpc) is 2.69. The molecule has 0 radical (unpaired) electrons. The van der Waals surface area contributed by atoms with Gasteiger partial charge < -0.3 is 10.1 Å². The van der Waals surface area contributed by atoms with E-state index in [9.17, 15) is 13.2 Å². The van der Waals surface area contributed by atoms with Crippen molar-refractivity contribution in [1.82, 2.24) is 9.62 Å². The first-order valence-electron chi connectivity index (χ1n) is 9.54. The number of amides is 1. The van der Waals surface area contributed by atoms with E-state index in [0.717, 1.165) is 5.56 Å². The molecule has 0 aromatic heterocycles. The number of carbonyl (C=O) groups is 1. The molecule has 3 rings (SSSR count). The largest absolute Gasteiger partial charge is 0.373 e. The summed E-state index contributed by atoms with van der Waals surface area (Å²) in [7, 11) is -3.69. The van der Waals surface area contributed by atoms with Crippen LogP contribution < -0.4 is 5.32 Å². The van der Waals surface area contributed by atoms with Crippen molar-refractivity contribution in [2.75, 3.05) is 19.6 Å². The van der Waals surface area contributed by atoms with Gasteiger partial charge in [-0.05, 0) is 56.2 Å². The number of carbonyl (C=O) groups excluding carboxylic acids is 1. The van der Waals surface area contributed by atoms with Crippen molar-refractivity contribution in [3.63, 3.8) is 0 Å². The van der Waals surface area contributed by atoms with Gasteiger partial charge in [-0.2, -0.15) is 4.31 Å². The lowest BCUT2D eigenvalue weighted by atomic mass is 10.1. The van der Waals surface area contributed by atoms with Crippen molar-refractivity contribution in [3.8, 4) is 0 Å². The van der Waals surface area contributed by atoms with Gasteiger partial charge in [-0.15, -0.1) is 0 Å². The molecule has 2 aromatic carbocycles. The molecule has 0 bridgehead atoms. The fourth-order valence-corrected chi connectivity index (χ4v) is 5.11. The van der Waals surface area contributed by atoms with E-state index in [1.54, 1.807) is 24.3 Å². The highest BCUT2D eigenvalue weighted by atomic mass is 35.5. The Labute approximate surface area is 176 Å². The molecule has 1 saturated heterocycles. The zero-order valence-electron chi connectivity index (χ0n) is 16.5. The number of ether oxygens (including phenoxy) is 1. The van der Waals surface area contributed by atoms with Crippen molar-refractivity contribution in [1.29, 1.82) is 0 Å². The third-order valence-electron chi connectivity index (χ3n) is 4.73. The summed E-state index contributed by atoms with van der Waals surface area (Å²) in [6.07, 6.45) is 0.311. The third-order valence-corrected chi connectivity index (χ3v) is 6.81. The van der Waals surface area contributed by atoms with Gasteiger partial charge >= 0.3 is 0 Å². The van der Waals surface area contributed by atoms with Gasteiger partial charge in [-0.1, -0.05) is 29.8 Å². The summed E-state index contributed by atoms with van der Waals surface area (Å²) in [5.41, 5.74) is 1.37. The van der Waals surface area contributed by atoms with E-state index in [0.29, 0.717) is 36.6 Å². The lowest BCUT2D eigenvalue weighted by molar-refractivity contribution is -0.0440. The maximum absolute atomic E-state index is 13.0. The van der Waals surface area contributed by atoms with Gasteiger partial charge in [0.05, 0.1) is 17.1 Å². The Hall–Kier alpha value is -1.93. The Morgan fingerprint density at radius 2 is 1.79 bits per heavy atom. The van der Waals surface area contributed by atoms with Crippen molar-refractivity contribution < 1.29 is 17.9 Å². The Balaban J connectivity index is 1.66. The minimum atomic E-state index is -3.69. The van der Waals surface area contributed by atoms with Crippen molar-refractivity contribution in [2.45, 2.75) is 37.4 Å². The molecule has 1 N–H and O–H groups in total. The molecule has 1 aliphatic heterocycles. The smallest absolute Gasteiger partial charge is 0.251 e. The van der Waals surface area contributed by atoms with Crippen molar-refractivity contribution in [3.05, 3.63) is 64.7 Å². The SMILES string of the molecule is CC1CN(S(=O)(=O)c2cccc(C(=O)NCCc3ccc(Cl)cc3)c2)CC(C)O1. The van der Waals surface area contributed by atoms with Crippen LogP contribution in [0.25, 0.3) is 0 Å². The summed E-state index contributed by atoms with van der Waals surface area (Å²) >= 11 is 5.87. The molecule has 0 spiro atoms. The molecule has 2 atom stereocenters. The zero-order valence-corrected chi connectivity index (χ0v) is 18.0. The van der Waals surface area contributed by atoms with Crippen LogP contribution in [0.1, 0.15) is 29.8 Å². The number of benzene rings is 2. The summed E-state index contributed by atoms with van der Waals surface area (Å²) < 4.78 is 33.1. The Morgan fingerprint density at radius 1 is 1.14 bits per heavy atom. The van der Waals surface area contributed by atoms with E-state index in [2.05, 4.69) is 5.32 Å². The second kappa shape index (κ2) is 9.26. The second-order valence-corrected chi connectivity index (χ2v) is 9.61. The second-order valence-electron chi connectivity index (χ2n) is 7.24. The maximum Gasteiger partial charge on any atom is 0.251 e. The Bertz CT molecular complexity index is 953. The highest BCUT2D eigenvalue weighted by Gasteiger charge is 2.32. The van der Waals surface area contributed by atoms with Gasteiger partial charge in [-0.3, -0.25) is 4.79 Å². The van der Waals surface area contributed by atoms with Crippen LogP contribution in [0.5, 0.6) is 0 Å². The first-order chi connectivity index (χ1) is 13.8. The normalized spacial score (nSPS) is 20.4. The van der Waals surface area contributed by atoms with Gasteiger partial charge in [0.15, 0.2) is 0 Å². The van der Waals surface area contributed by atoms with Crippen LogP contribution in [0, 0.1) is 0 Å². The molecule has 1 heterocycles. The number of nitrogens with one attached hydrogen (secondary N) is 1. The van der Waals surface area contributed by atoms with Gasteiger partial charge in [0.2, 0.25) is 10.0 Å². The lowest BCUT2D eigenvalue weighted by Gasteiger charge is -2.34. The lowest BCUT2D eigenvalue weighted by Crippen LogP contribution is -2.48. The number of halogens is 1. The molecule has 0 aliphatic carbocycles. The first-order valence-corrected chi connectivity index (χ1v) is 11.4. The van der Waals surface area contributed by atoms with Crippen molar-refractivity contribution >= 4 is 27.5 Å². The predicted octanol–water partition coefficient (Wildman–Crippen LogP) is 3.11. The molecule has 156 valence electrons. The van der Waals surface area contributed by atoms with E-state index in [-0.39, 0.29) is 23.0 Å². The van der Waals surface area contributed by atoms with Crippen LogP contribution in [0.4, 0.5) is 0 Å². The number of morpholine rings is 1. The molecular formula is C21H25ClN2O4S. The molecule has 8 heteroatoms. The molecule has 1 fully saturated rings. The monoisotopic (exact) mass is 436 g/mol. The van der Waals surface area contributed by atoms with E-state index in [1.165, 1.54) is 16.4 Å². The number of hydrogen-bond donors (Lipinski definition) is 1. The highest BCUT2D eigenvalue weighted by molar-refractivity contribution is 7.89. The van der Waals surface area contributed by atoms with E-state index in [4.69, 9.17) is 16.3 Å². The summed E-state index contributed by atoms with van der Waals surface area (Å²) in [6, 6.07) is 13.6. The van der Waals surface area contributed by atoms with Gasteiger partial charge in [0, 0.05) is 30.2 Å². The third kappa shape index (κ3) is 5.57. The molecular weight excluding hydrogens is 412 g/mol. The first kappa shape index (κ1) is 21.8. The van der Waals surface area contributed by atoms with Gasteiger partial charge in [-0.25, -0.2) is 8.42 Å². The molecule has 0 saturated carbocycles. The molecule has 2 unspecified atom stereocenters. The fourth-order valence-electron chi connectivity index (χ4n) is 3.35. The minimum absolute atomic E-state index is 0.115. The highest BCUT2D eigenvalue weighted by Crippen LogP contribution is 2.22. The summed E-state index contributed by atoms with van der Waals surface area (Å²) in [5.74, 6) is -0.306. The van der Waals surface area contributed by atoms with E-state index < -0.39 is 10.0 Å². The number of rotatable bonds is 6. The Morgan fingerprint density at radius 3 is 2.45 bits per heavy atom. The zero-order chi connectivity index (χ0) is 21.0. The van der Waals surface area contributed by atoms with Crippen LogP contribution >= 0.6 is 11.6 Å². The molecule has 2 aromatic rings. The quantitative estimate of drug-likeness (QED) is 0.754. The molecule has 6 nitrogen and oxygen atoms in total. The summed E-state index contributed by atoms with van der Waals surface area (Å²) in [6.45, 7) is 4.73. The number of nitrogens with zero attached hydrogens (tertiary/aromatic N) is 1. The van der Waals surface area contributed by atoms with Gasteiger partial charge in [0.1, 0.15) is 0 Å². The summed E-state index contributed by atoms with van der Waals surface area (Å²) in [5, 5.41) is 3.50. The standard InChI is InChI=1S/C21H25ClN2O4S/c1-15-13-24(14-16(2)28-15)29(26,27)20-5-3-4-18(12-20)21(25)23-11-10-17-6-8-19(22)9-7-17/h3-9,12,15-16H,10-11,13-14H2,1-2H3,(H,23,25). The van der Waals surface area contributed by atoms with Crippen LogP contribution in [0.15, 0.2) is 53.4 Å². The minimum Gasteiger partial charge on any atom is -0.373 e. The van der Waals surface area contributed by atoms with E-state index >= 15 is 0 Å². The summed E-state index contributed by atoms with van der Waals surface area (Å²) in [4.78, 5) is 12.6. The Kier molecular flexibility index (Phi) is 6.95. The maximum atomic E-state index is 13.0. The van der Waals surface area contributed by atoms with Crippen LogP contribution in [-0.4, -0.2) is 50.5 Å². The molecule has 1 aliphatic rings. The van der Waals surface area contributed by atoms with Crippen LogP contribution in [-0.2, 0) is 21.2 Å². The van der Waals surface area contributed by atoms with Crippen molar-refractivity contribution in [2.24, 2.45) is 0 Å². The van der Waals surface area contributed by atoms with E-state index in [1.807, 2.05) is 26.0 Å². The molecule has 1 amide bonds. The average molecular weight is 437 g/mol. The van der Waals surface area contributed by atoms with Crippen LogP contribution in [0.2, 0.25) is 5.02 Å². The van der Waals surface area contributed by atoms with Gasteiger partial charge in [0.25, 0.3) is 5.91 Å². The number of hydrogen-bond acceptors (Lipinski definition) is 4.